The van der Waals surface area contributed by atoms with Gasteiger partial charge in [0, 0.05) is 42.6 Å². The standard InChI is InChI=1S/C45H56ClN3O6S2/c1-7-42(47-56(50)45(2,3)4)41-23-16-35(41)30-48-25-9-8-10-34-26-37(46)17-15-36(34)31-55-44-24-22-40(27-43(44)48)57(51,52)49(28-32-11-18-38(53-5)19-12-32)29-33-13-20-39(54-6)21-14-33/h7,11-15,17-22,24,26-27,35,41-42,47H,1,8-10,16,23,25,28-31H2,2-6H3/t35-,41+,42+,56-/m0/s1. The molecule has 1 fully saturated rings. The van der Waals surface area contributed by atoms with Crippen molar-refractivity contribution in [3.63, 3.8) is 0 Å². The number of ether oxygens (including phenoxy) is 3. The largest absolute Gasteiger partial charge is 0.598 e. The molecule has 6 rings (SSSR count). The first-order valence-electron chi connectivity index (χ1n) is 19.6. The summed E-state index contributed by atoms with van der Waals surface area (Å²) in [5, 5.41) is 0.697. The number of hydrogen-bond acceptors (Lipinski definition) is 8. The Hall–Kier alpha value is -3.71. The lowest BCUT2D eigenvalue weighted by atomic mass is 9.69. The summed E-state index contributed by atoms with van der Waals surface area (Å²) in [6.45, 7) is 12.1. The number of fused-ring (bicyclic) bond motifs is 2. The van der Waals surface area contributed by atoms with Crippen molar-refractivity contribution in [1.82, 2.24) is 9.03 Å². The van der Waals surface area contributed by atoms with E-state index < -0.39 is 26.1 Å². The third-order valence-electron chi connectivity index (χ3n) is 11.1. The van der Waals surface area contributed by atoms with Crippen molar-refractivity contribution in [1.29, 1.82) is 0 Å². The van der Waals surface area contributed by atoms with Crippen LogP contribution in [0.2, 0.25) is 5.02 Å². The molecule has 0 bridgehead atoms. The van der Waals surface area contributed by atoms with Crippen molar-refractivity contribution >= 4 is 38.7 Å². The lowest BCUT2D eigenvalue weighted by Gasteiger charge is -2.44. The summed E-state index contributed by atoms with van der Waals surface area (Å²) in [4.78, 5) is 2.50. The minimum absolute atomic E-state index is 0.112. The van der Waals surface area contributed by atoms with Gasteiger partial charge in [-0.15, -0.1) is 11.3 Å². The summed E-state index contributed by atoms with van der Waals surface area (Å²) in [7, 11) is -0.825. The summed E-state index contributed by atoms with van der Waals surface area (Å²) in [6.07, 6.45) is 6.57. The zero-order chi connectivity index (χ0) is 40.7. The second-order valence-corrected chi connectivity index (χ2v) is 20.3. The summed E-state index contributed by atoms with van der Waals surface area (Å²) < 4.78 is 64.8. The van der Waals surface area contributed by atoms with Crippen LogP contribution in [0, 0.1) is 11.8 Å². The van der Waals surface area contributed by atoms with Gasteiger partial charge in [0.15, 0.2) is 0 Å². The highest BCUT2D eigenvalue weighted by Crippen LogP contribution is 2.42. The maximum absolute atomic E-state index is 14.9. The zero-order valence-electron chi connectivity index (χ0n) is 33.7. The van der Waals surface area contributed by atoms with Gasteiger partial charge in [-0.2, -0.15) is 4.31 Å². The van der Waals surface area contributed by atoms with E-state index >= 15 is 0 Å². The summed E-state index contributed by atoms with van der Waals surface area (Å²) in [6, 6.07) is 26.0. The second kappa shape index (κ2) is 18.9. The molecule has 306 valence electrons. The van der Waals surface area contributed by atoms with E-state index in [-0.39, 0.29) is 35.9 Å². The van der Waals surface area contributed by atoms with Crippen LogP contribution in [-0.2, 0) is 47.5 Å². The van der Waals surface area contributed by atoms with Crippen LogP contribution in [0.4, 0.5) is 5.69 Å². The van der Waals surface area contributed by atoms with Gasteiger partial charge in [0.25, 0.3) is 0 Å². The molecule has 57 heavy (non-hydrogen) atoms. The average molecular weight is 835 g/mol. The van der Waals surface area contributed by atoms with Gasteiger partial charge in [-0.25, -0.2) is 8.42 Å². The van der Waals surface area contributed by atoms with Gasteiger partial charge in [0.1, 0.15) is 28.6 Å². The zero-order valence-corrected chi connectivity index (χ0v) is 36.1. The second-order valence-electron chi connectivity index (χ2n) is 16.0. The van der Waals surface area contributed by atoms with E-state index in [4.69, 9.17) is 25.8 Å². The fourth-order valence-electron chi connectivity index (χ4n) is 7.51. The van der Waals surface area contributed by atoms with E-state index in [0.29, 0.717) is 42.0 Å². The SMILES string of the molecule is C=C[C@@H](N[S@@+]([O-])C(C)(C)C)[C@@H]1CC[C@H]1CN1CCCCc2cc(Cl)ccc2COc2ccc(S(=O)(=O)N(Cc3ccc(OC)cc3)Cc3ccc(OC)cc3)cc21. The molecule has 9 nitrogen and oxygen atoms in total. The van der Waals surface area contributed by atoms with Gasteiger partial charge < -0.3 is 23.7 Å². The highest BCUT2D eigenvalue weighted by atomic mass is 35.5. The molecule has 0 unspecified atom stereocenters. The van der Waals surface area contributed by atoms with Crippen LogP contribution in [0.25, 0.3) is 0 Å². The maximum atomic E-state index is 14.9. The van der Waals surface area contributed by atoms with Crippen molar-refractivity contribution in [3.05, 3.63) is 125 Å². The Morgan fingerprint density at radius 1 is 0.947 bits per heavy atom. The van der Waals surface area contributed by atoms with Crippen molar-refractivity contribution in [2.24, 2.45) is 11.8 Å². The molecule has 0 saturated heterocycles. The van der Waals surface area contributed by atoms with Gasteiger partial charge in [0.2, 0.25) is 10.0 Å². The third-order valence-corrected chi connectivity index (χ3v) is 14.7. The smallest absolute Gasteiger partial charge is 0.243 e. The Bertz CT molecular complexity index is 2020. The molecule has 1 heterocycles. The summed E-state index contributed by atoms with van der Waals surface area (Å²) in [5.41, 5.74) is 4.64. The summed E-state index contributed by atoms with van der Waals surface area (Å²) >= 11 is 5.18. The van der Waals surface area contributed by atoms with E-state index in [1.54, 1.807) is 32.4 Å². The quantitative estimate of drug-likeness (QED) is 0.0992. The molecule has 1 N–H and O–H groups in total. The lowest BCUT2D eigenvalue weighted by Crippen LogP contribution is -2.52. The Kier molecular flexibility index (Phi) is 14.2. The van der Waals surface area contributed by atoms with Crippen molar-refractivity contribution < 1.29 is 27.2 Å². The predicted molar refractivity (Wildman–Crippen MR) is 231 cm³/mol. The van der Waals surface area contributed by atoms with Crippen molar-refractivity contribution in [2.45, 2.75) is 88.3 Å². The van der Waals surface area contributed by atoms with Crippen LogP contribution in [-0.4, -0.2) is 55.4 Å². The Morgan fingerprint density at radius 2 is 1.60 bits per heavy atom. The molecule has 4 aromatic carbocycles. The average Bonchev–Trinajstić information content (AvgIpc) is 3.22. The molecule has 0 amide bonds. The molecule has 4 atom stereocenters. The third kappa shape index (κ3) is 10.7. The van der Waals surface area contributed by atoms with Gasteiger partial charge in [-0.05, 0) is 142 Å². The van der Waals surface area contributed by atoms with Crippen LogP contribution in [0.1, 0.15) is 68.7 Å². The highest BCUT2D eigenvalue weighted by molar-refractivity contribution is 7.90. The van der Waals surface area contributed by atoms with Gasteiger partial charge in [-0.3, -0.25) is 0 Å². The van der Waals surface area contributed by atoms with Gasteiger partial charge in [-0.1, -0.05) is 48.0 Å². The van der Waals surface area contributed by atoms with Crippen LogP contribution in [0.3, 0.4) is 0 Å². The fraction of sp³-hybridized carbons (Fsp3) is 0.422. The number of methoxy groups -OCH3 is 2. The number of benzene rings is 4. The number of sulfonamides is 1. The van der Waals surface area contributed by atoms with Crippen LogP contribution < -0.4 is 23.8 Å². The molecule has 1 saturated carbocycles. The molecule has 0 aromatic heterocycles. The van der Waals surface area contributed by atoms with Crippen molar-refractivity contribution in [3.8, 4) is 17.2 Å². The van der Waals surface area contributed by atoms with E-state index in [2.05, 4.69) is 16.2 Å². The first kappa shape index (κ1) is 42.9. The van der Waals surface area contributed by atoms with E-state index in [0.717, 1.165) is 60.0 Å². The lowest BCUT2D eigenvalue weighted by molar-refractivity contribution is 0.157. The Morgan fingerprint density at radius 3 is 2.16 bits per heavy atom. The van der Waals surface area contributed by atoms with Crippen LogP contribution in [0.5, 0.6) is 17.2 Å². The number of halogens is 1. The number of hydrogen-bond donors (Lipinski definition) is 1. The first-order valence-corrected chi connectivity index (χ1v) is 22.6. The van der Waals surface area contributed by atoms with Crippen LogP contribution >= 0.6 is 11.6 Å². The van der Waals surface area contributed by atoms with E-state index in [1.807, 2.05) is 93.6 Å². The number of aryl methyl sites for hydroxylation is 1. The highest BCUT2D eigenvalue weighted by Gasteiger charge is 2.41. The molecule has 12 heteroatoms. The number of rotatable bonds is 14. The van der Waals surface area contributed by atoms with Gasteiger partial charge in [0.05, 0.1) is 30.8 Å². The molecule has 2 aliphatic rings. The van der Waals surface area contributed by atoms with Crippen LogP contribution in [0.15, 0.2) is 102 Å². The monoisotopic (exact) mass is 833 g/mol. The number of anilines is 1. The molecule has 1 aliphatic carbocycles. The normalized spacial score (nSPS) is 18.6. The predicted octanol–water partition coefficient (Wildman–Crippen LogP) is 9.10. The minimum atomic E-state index is -4.04. The molecular formula is C45H56ClN3O6S2. The van der Waals surface area contributed by atoms with E-state index in [1.165, 1.54) is 4.31 Å². The van der Waals surface area contributed by atoms with Crippen molar-refractivity contribution in [2.75, 3.05) is 32.2 Å². The molecule has 0 spiro atoms. The Balaban J connectivity index is 1.37. The topological polar surface area (TPSA) is 103 Å². The number of nitrogens with one attached hydrogen (secondary N) is 1. The van der Waals surface area contributed by atoms with Gasteiger partial charge >= 0.3 is 0 Å². The fourth-order valence-corrected chi connectivity index (χ4v) is 10.0. The number of nitrogens with zero attached hydrogens (tertiary/aromatic N) is 2. The summed E-state index contributed by atoms with van der Waals surface area (Å²) in [5.74, 6) is 2.53. The van der Waals surface area contributed by atoms with E-state index in [9.17, 15) is 13.0 Å². The Labute approximate surface area is 347 Å². The minimum Gasteiger partial charge on any atom is -0.598 e. The maximum Gasteiger partial charge on any atom is 0.243 e. The first-order chi connectivity index (χ1) is 27.3. The molecule has 4 aromatic rings. The molecule has 0 radical (unpaired) electrons. The molecule has 1 aliphatic heterocycles. The molecular weight excluding hydrogens is 778 g/mol.